The van der Waals surface area contributed by atoms with Gasteiger partial charge in [-0.3, -0.25) is 0 Å². The molecule has 0 unspecified atom stereocenters. The van der Waals surface area contributed by atoms with Gasteiger partial charge in [0.05, 0.1) is 6.54 Å². The molecule has 0 aromatic carbocycles. The summed E-state index contributed by atoms with van der Waals surface area (Å²) in [4.78, 5) is 9.34. The molecule has 0 aromatic rings. The highest BCUT2D eigenvalue weighted by atomic mass is 16.1. The Labute approximate surface area is 69.5 Å². The minimum absolute atomic E-state index is 0.458. The molecule has 0 aliphatic heterocycles. The second kappa shape index (κ2) is 33.7. The molecule has 4 N–H and O–H groups in total. The van der Waals surface area contributed by atoms with E-state index in [1.54, 1.807) is 7.05 Å². The molecule has 0 rings (SSSR count). The summed E-state index contributed by atoms with van der Waals surface area (Å²) < 4.78 is 0. The number of hydrogen-bond donors (Lipinski definition) is 3. The molecule has 0 amide bonds. The average Bonchev–Trinajstić information content (AvgIpc) is 1.92. The van der Waals surface area contributed by atoms with Gasteiger partial charge < -0.3 is 21.2 Å². The maximum atomic E-state index is 9.34. The SMILES string of the molecule is CCN.CNC.CNCC=O. The zero-order chi connectivity index (χ0) is 9.54. The maximum Gasteiger partial charge on any atom is 0.133 e. The Morgan fingerprint density at radius 1 is 1.36 bits per heavy atom. The molecule has 11 heavy (non-hydrogen) atoms. The summed E-state index contributed by atoms with van der Waals surface area (Å²) in [6.07, 6.45) is 0.819. The molecule has 0 aliphatic carbocycles. The predicted molar refractivity (Wildman–Crippen MR) is 49.7 cm³/mol. The van der Waals surface area contributed by atoms with E-state index in [1.165, 1.54) is 0 Å². The van der Waals surface area contributed by atoms with Crippen LogP contribution in [0.3, 0.4) is 0 Å². The highest BCUT2D eigenvalue weighted by Gasteiger charge is 1.62. The van der Waals surface area contributed by atoms with Crippen LogP contribution in [0.1, 0.15) is 6.92 Å². The Morgan fingerprint density at radius 2 is 1.64 bits per heavy atom. The van der Waals surface area contributed by atoms with Crippen LogP contribution in [0.5, 0.6) is 0 Å². The van der Waals surface area contributed by atoms with Crippen molar-refractivity contribution in [3.63, 3.8) is 0 Å². The van der Waals surface area contributed by atoms with Crippen molar-refractivity contribution in [2.45, 2.75) is 6.92 Å². The topological polar surface area (TPSA) is 67.2 Å². The van der Waals surface area contributed by atoms with E-state index < -0.39 is 0 Å². The molecule has 0 saturated carbocycles. The molecular weight excluding hydrogens is 142 g/mol. The summed E-state index contributed by atoms with van der Waals surface area (Å²) in [6.45, 7) is 3.11. The zero-order valence-corrected chi connectivity index (χ0v) is 7.98. The van der Waals surface area contributed by atoms with Crippen LogP contribution in [0.4, 0.5) is 0 Å². The Kier molecular flexibility index (Phi) is 51.7. The Bertz CT molecular complexity index is 49.0. The van der Waals surface area contributed by atoms with Gasteiger partial charge in [0.1, 0.15) is 6.29 Å². The van der Waals surface area contributed by atoms with E-state index in [0.29, 0.717) is 6.54 Å². The summed E-state index contributed by atoms with van der Waals surface area (Å²) in [5.41, 5.74) is 4.85. The zero-order valence-electron chi connectivity index (χ0n) is 7.98. The molecular formula is C7H21N3O. The minimum Gasteiger partial charge on any atom is -0.331 e. The van der Waals surface area contributed by atoms with Gasteiger partial charge in [0.2, 0.25) is 0 Å². The summed E-state index contributed by atoms with van der Waals surface area (Å²) in [7, 11) is 5.48. The van der Waals surface area contributed by atoms with Crippen LogP contribution >= 0.6 is 0 Å². The van der Waals surface area contributed by atoms with Crippen LogP contribution in [0.2, 0.25) is 0 Å². The fourth-order valence-electron chi connectivity index (χ4n) is 0.0833. The third-order valence-corrected chi connectivity index (χ3v) is 0.287. The number of carbonyl (C=O) groups is 1. The Balaban J connectivity index is -0.0000000933. The molecule has 70 valence electrons. The first-order valence-electron chi connectivity index (χ1n) is 3.61. The van der Waals surface area contributed by atoms with Gasteiger partial charge in [-0.25, -0.2) is 0 Å². The first kappa shape index (κ1) is 16.9. The standard InChI is InChI=1S/C3H7NO.2C2H7N/c1-4-2-3-5;1-3-2;1-2-3/h3-4H,2H2,1H3;3H,1-2H3;2-3H2,1H3. The molecule has 0 fully saturated rings. The van der Waals surface area contributed by atoms with E-state index in [4.69, 9.17) is 5.73 Å². The molecule has 0 saturated heterocycles. The van der Waals surface area contributed by atoms with Gasteiger partial charge >= 0.3 is 0 Å². The van der Waals surface area contributed by atoms with Gasteiger partial charge in [-0.15, -0.1) is 0 Å². The number of nitrogens with two attached hydrogens (primary N) is 1. The van der Waals surface area contributed by atoms with Crippen molar-refractivity contribution in [1.82, 2.24) is 10.6 Å². The van der Waals surface area contributed by atoms with Crippen molar-refractivity contribution in [3.8, 4) is 0 Å². The number of hydrogen-bond acceptors (Lipinski definition) is 4. The quantitative estimate of drug-likeness (QED) is 0.466. The molecule has 0 bridgehead atoms. The van der Waals surface area contributed by atoms with Gasteiger partial charge in [0, 0.05) is 0 Å². The van der Waals surface area contributed by atoms with E-state index in [0.717, 1.165) is 12.8 Å². The lowest BCUT2D eigenvalue weighted by atomic mass is 10.7. The van der Waals surface area contributed by atoms with Crippen LogP contribution in [0.25, 0.3) is 0 Å². The molecule has 0 radical (unpaired) electrons. The lowest BCUT2D eigenvalue weighted by Gasteiger charge is -1.75. The Hall–Kier alpha value is -0.450. The van der Waals surface area contributed by atoms with Gasteiger partial charge in [-0.2, -0.15) is 0 Å². The van der Waals surface area contributed by atoms with Crippen molar-refractivity contribution in [1.29, 1.82) is 0 Å². The van der Waals surface area contributed by atoms with Crippen LogP contribution in [0, 0.1) is 0 Å². The summed E-state index contributed by atoms with van der Waals surface area (Å²) in [5, 5.41) is 5.40. The fraction of sp³-hybridized carbons (Fsp3) is 0.857. The first-order valence-corrected chi connectivity index (χ1v) is 3.61. The molecule has 0 atom stereocenters. The van der Waals surface area contributed by atoms with Gasteiger partial charge in [-0.05, 0) is 27.7 Å². The third kappa shape index (κ3) is 227. The van der Waals surface area contributed by atoms with Crippen molar-refractivity contribution in [2.24, 2.45) is 5.73 Å². The van der Waals surface area contributed by atoms with Crippen molar-refractivity contribution >= 4 is 6.29 Å². The minimum atomic E-state index is 0.458. The number of nitrogens with one attached hydrogen (secondary N) is 2. The fourth-order valence-corrected chi connectivity index (χ4v) is 0.0833. The lowest BCUT2D eigenvalue weighted by Crippen LogP contribution is -2.07. The number of aldehydes is 1. The lowest BCUT2D eigenvalue weighted by molar-refractivity contribution is -0.107. The normalized spacial score (nSPS) is 6.64. The highest BCUT2D eigenvalue weighted by Crippen LogP contribution is 1.32. The number of rotatable bonds is 2. The van der Waals surface area contributed by atoms with Crippen LogP contribution in [0.15, 0.2) is 0 Å². The maximum absolute atomic E-state index is 9.34. The number of likely N-dealkylation sites (N-methyl/N-ethyl adjacent to an activating group) is 1. The molecule has 4 nitrogen and oxygen atoms in total. The summed E-state index contributed by atoms with van der Waals surface area (Å²) >= 11 is 0. The second-order valence-electron chi connectivity index (χ2n) is 1.63. The first-order chi connectivity index (χ1) is 5.24. The second-order valence-corrected chi connectivity index (χ2v) is 1.63. The van der Waals surface area contributed by atoms with Crippen molar-refractivity contribution in [3.05, 3.63) is 0 Å². The Morgan fingerprint density at radius 3 is 1.64 bits per heavy atom. The van der Waals surface area contributed by atoms with E-state index in [-0.39, 0.29) is 0 Å². The van der Waals surface area contributed by atoms with E-state index in [2.05, 4.69) is 10.6 Å². The van der Waals surface area contributed by atoms with Gasteiger partial charge in [0.25, 0.3) is 0 Å². The third-order valence-electron chi connectivity index (χ3n) is 0.287. The molecule has 0 aromatic heterocycles. The molecule has 0 spiro atoms. The molecule has 0 aliphatic rings. The number of carbonyl (C=O) groups excluding carboxylic acids is 1. The van der Waals surface area contributed by atoms with Crippen molar-refractivity contribution < 1.29 is 4.79 Å². The monoisotopic (exact) mass is 163 g/mol. The molecule has 4 heteroatoms. The largest absolute Gasteiger partial charge is 0.331 e. The molecule has 0 heterocycles. The van der Waals surface area contributed by atoms with Crippen LogP contribution in [-0.2, 0) is 4.79 Å². The predicted octanol–water partition coefficient (Wildman–Crippen LogP) is -0.795. The smallest absolute Gasteiger partial charge is 0.133 e. The highest BCUT2D eigenvalue weighted by molar-refractivity contribution is 5.51. The van der Waals surface area contributed by atoms with E-state index >= 15 is 0 Å². The van der Waals surface area contributed by atoms with Crippen molar-refractivity contribution in [2.75, 3.05) is 34.2 Å². The van der Waals surface area contributed by atoms with Gasteiger partial charge in [0.15, 0.2) is 0 Å². The summed E-state index contributed by atoms with van der Waals surface area (Å²) in [5.74, 6) is 0. The van der Waals surface area contributed by atoms with Gasteiger partial charge in [-0.1, -0.05) is 6.92 Å². The summed E-state index contributed by atoms with van der Waals surface area (Å²) in [6, 6.07) is 0. The average molecular weight is 163 g/mol. The van der Waals surface area contributed by atoms with Crippen LogP contribution in [-0.4, -0.2) is 40.5 Å². The van der Waals surface area contributed by atoms with E-state index in [1.807, 2.05) is 21.0 Å². The van der Waals surface area contributed by atoms with Crippen LogP contribution < -0.4 is 16.4 Å². The van der Waals surface area contributed by atoms with E-state index in [9.17, 15) is 4.79 Å².